The summed E-state index contributed by atoms with van der Waals surface area (Å²) in [4.78, 5) is 11.8. The summed E-state index contributed by atoms with van der Waals surface area (Å²) in [5, 5.41) is 17.1. The molecule has 8 nitrogen and oxygen atoms in total. The van der Waals surface area contributed by atoms with E-state index in [0.29, 0.717) is 6.07 Å². The predicted octanol–water partition coefficient (Wildman–Crippen LogP) is 3.22. The highest BCUT2D eigenvalue weighted by molar-refractivity contribution is 6.68. The third-order valence-corrected chi connectivity index (χ3v) is 3.55. The fourth-order valence-electron chi connectivity index (χ4n) is 2.40. The van der Waals surface area contributed by atoms with Crippen LogP contribution in [-0.4, -0.2) is 41.8 Å². The average molecular weight is 468 g/mol. The first-order valence-corrected chi connectivity index (χ1v) is 8.14. The molecule has 164 valence electrons. The van der Waals surface area contributed by atoms with E-state index in [1.54, 1.807) is 0 Å². The Morgan fingerprint density at radius 3 is 2.26 bits per heavy atom. The summed E-state index contributed by atoms with van der Waals surface area (Å²) in [6, 6.07) is 3.97. The van der Waals surface area contributed by atoms with Crippen LogP contribution < -0.4 is 23.7 Å². The lowest BCUT2D eigenvalue weighted by Gasteiger charge is -2.22. The number of aliphatic hydroxyl groups is 2. The molecule has 31 heavy (non-hydrogen) atoms. The van der Waals surface area contributed by atoms with Gasteiger partial charge in [-0.3, -0.25) is 4.79 Å². The number of benzene rings is 2. The van der Waals surface area contributed by atoms with Gasteiger partial charge < -0.3 is 33.9 Å². The highest BCUT2D eigenvalue weighted by Gasteiger charge is 2.46. The lowest BCUT2D eigenvalue weighted by Crippen LogP contribution is -2.35. The van der Waals surface area contributed by atoms with Crippen LogP contribution in [-0.2, 0) is 0 Å². The maximum Gasteiger partial charge on any atom is 0.586 e. The maximum absolute atomic E-state index is 13.3. The lowest BCUT2D eigenvalue weighted by molar-refractivity contribution is -0.286. The van der Waals surface area contributed by atoms with Crippen LogP contribution in [0.1, 0.15) is 10.4 Å². The van der Waals surface area contributed by atoms with E-state index in [9.17, 15) is 37.0 Å². The third kappa shape index (κ3) is 5.59. The highest BCUT2D eigenvalue weighted by Crippen LogP contribution is 2.48. The Labute approximate surface area is 175 Å². The number of halogens is 6. The van der Waals surface area contributed by atoms with Crippen LogP contribution in [0.4, 0.5) is 22.0 Å². The van der Waals surface area contributed by atoms with E-state index < -0.39 is 63.8 Å². The zero-order valence-corrected chi connectivity index (χ0v) is 15.3. The number of alkyl halides is 5. The molecule has 0 bridgehead atoms. The van der Waals surface area contributed by atoms with Gasteiger partial charge in [-0.1, -0.05) is 0 Å². The molecule has 0 spiro atoms. The predicted molar refractivity (Wildman–Crippen MR) is 89.6 cm³/mol. The monoisotopic (exact) mass is 468 g/mol. The van der Waals surface area contributed by atoms with E-state index >= 15 is 0 Å². The van der Waals surface area contributed by atoms with E-state index in [1.807, 2.05) is 0 Å². The second kappa shape index (κ2) is 7.62. The third-order valence-electron chi connectivity index (χ3n) is 3.36. The van der Waals surface area contributed by atoms with Gasteiger partial charge in [0, 0.05) is 6.07 Å². The van der Waals surface area contributed by atoms with Crippen molar-refractivity contribution in [2.24, 2.45) is 0 Å². The van der Waals surface area contributed by atoms with Crippen LogP contribution >= 0.6 is 11.6 Å². The molecule has 0 unspecified atom stereocenters. The maximum atomic E-state index is 13.3. The van der Waals surface area contributed by atoms with Crippen molar-refractivity contribution in [3.63, 3.8) is 0 Å². The van der Waals surface area contributed by atoms with Crippen LogP contribution in [0.3, 0.4) is 0 Å². The van der Waals surface area contributed by atoms with Gasteiger partial charge in [0.1, 0.15) is 17.1 Å². The molecular formula is C16H7BClF5O8. The number of carbonyl (C=O) groups is 1. The first-order valence-electron chi connectivity index (χ1n) is 7.76. The van der Waals surface area contributed by atoms with Crippen molar-refractivity contribution in [2.75, 3.05) is 0 Å². The van der Waals surface area contributed by atoms with Gasteiger partial charge in [-0.25, -0.2) is 0 Å². The summed E-state index contributed by atoms with van der Waals surface area (Å²) < 4.78 is 85.9. The van der Waals surface area contributed by atoms with Crippen molar-refractivity contribution >= 4 is 24.7 Å². The SMILES string of the molecule is [B]C(O)(O)Oc1cc(OC(F)(F)F)ccc1Oc1ccc2c(c1C(=O)Cl)OC(F)(F)O2. The lowest BCUT2D eigenvalue weighted by atomic mass is 10.1. The molecule has 0 atom stereocenters. The topological polar surface area (TPSA) is 104 Å². The summed E-state index contributed by atoms with van der Waals surface area (Å²) in [5.74, 6) is -7.40. The van der Waals surface area contributed by atoms with E-state index in [-0.39, 0.29) is 0 Å². The standard InChI is InChI=1S/C16H7BClF5O8/c17-14(25,26)29-10-5-6(28-15(19,20)21)1-2-7(10)27-8-3-4-9-12(11(8)13(18)24)31-16(22,23)30-9/h1-5,25-26H. The van der Waals surface area contributed by atoms with Crippen LogP contribution in [0.2, 0.25) is 0 Å². The Bertz CT molecular complexity index is 1020. The van der Waals surface area contributed by atoms with Gasteiger partial charge in [-0.15, -0.1) is 22.0 Å². The van der Waals surface area contributed by atoms with E-state index in [4.69, 9.17) is 24.2 Å². The van der Waals surface area contributed by atoms with Gasteiger partial charge in [-0.2, -0.15) is 0 Å². The van der Waals surface area contributed by atoms with Gasteiger partial charge in [-0.05, 0) is 35.9 Å². The molecule has 2 aromatic carbocycles. The van der Waals surface area contributed by atoms with Crippen molar-refractivity contribution < 1.29 is 60.6 Å². The van der Waals surface area contributed by atoms with Crippen molar-refractivity contribution in [1.29, 1.82) is 0 Å². The number of hydrogen-bond donors (Lipinski definition) is 2. The molecule has 2 radical (unpaired) electrons. The molecule has 0 aromatic heterocycles. The van der Waals surface area contributed by atoms with Crippen molar-refractivity contribution in [3.8, 4) is 34.5 Å². The second-order valence-corrected chi connectivity index (χ2v) is 6.07. The molecular weight excluding hydrogens is 461 g/mol. The molecule has 2 aromatic rings. The number of fused-ring (bicyclic) bond motifs is 1. The zero-order valence-electron chi connectivity index (χ0n) is 14.6. The number of hydrogen-bond acceptors (Lipinski definition) is 8. The average Bonchev–Trinajstić information content (AvgIpc) is 2.87. The number of ether oxygens (including phenoxy) is 5. The first kappa shape index (κ1) is 22.7. The van der Waals surface area contributed by atoms with Crippen molar-refractivity contribution in [3.05, 3.63) is 35.9 Å². The molecule has 0 fully saturated rings. The minimum atomic E-state index is -5.10. The van der Waals surface area contributed by atoms with E-state index in [2.05, 4.69) is 18.9 Å². The minimum absolute atomic E-state index is 0.520. The fourth-order valence-corrected chi connectivity index (χ4v) is 2.57. The Morgan fingerprint density at radius 2 is 1.68 bits per heavy atom. The molecule has 1 aliphatic rings. The highest BCUT2D eigenvalue weighted by atomic mass is 35.5. The van der Waals surface area contributed by atoms with Gasteiger partial charge in [0.25, 0.3) is 11.1 Å². The first-order chi connectivity index (χ1) is 14.1. The summed E-state index contributed by atoms with van der Waals surface area (Å²) in [6.45, 7) is 0. The van der Waals surface area contributed by atoms with Crippen molar-refractivity contribution in [1.82, 2.24) is 0 Å². The smallest absolute Gasteiger partial charge is 0.452 e. The molecule has 0 saturated carbocycles. The van der Waals surface area contributed by atoms with E-state index in [1.165, 1.54) is 0 Å². The minimum Gasteiger partial charge on any atom is -0.452 e. The molecule has 0 amide bonds. The van der Waals surface area contributed by atoms with Crippen LogP contribution in [0.15, 0.2) is 30.3 Å². The Hall–Kier alpha value is -2.97. The van der Waals surface area contributed by atoms with Crippen LogP contribution in [0.25, 0.3) is 0 Å². The van der Waals surface area contributed by atoms with E-state index in [0.717, 1.165) is 24.3 Å². The molecule has 15 heteroatoms. The normalized spacial score (nSPS) is 14.8. The van der Waals surface area contributed by atoms with Crippen LogP contribution in [0, 0.1) is 0 Å². The Morgan fingerprint density at radius 1 is 1.03 bits per heavy atom. The fraction of sp³-hybridized carbons (Fsp3) is 0.188. The molecule has 2 N–H and O–H groups in total. The van der Waals surface area contributed by atoms with Gasteiger partial charge >= 0.3 is 12.7 Å². The molecule has 1 aliphatic heterocycles. The second-order valence-electron chi connectivity index (χ2n) is 5.73. The molecule has 3 rings (SSSR count). The summed E-state index contributed by atoms with van der Waals surface area (Å²) >= 11 is 5.42. The number of carbonyl (C=O) groups excluding carboxylic acids is 1. The van der Waals surface area contributed by atoms with Gasteiger partial charge in [0.15, 0.2) is 23.0 Å². The van der Waals surface area contributed by atoms with Crippen molar-refractivity contribution in [2.45, 2.75) is 18.5 Å². The van der Waals surface area contributed by atoms with Gasteiger partial charge in [0.05, 0.1) is 0 Å². The molecule has 1 heterocycles. The summed E-state index contributed by atoms with van der Waals surface area (Å²) in [7, 11) is 4.86. The number of rotatable bonds is 6. The largest absolute Gasteiger partial charge is 0.586 e. The van der Waals surface area contributed by atoms with Crippen LogP contribution in [0.5, 0.6) is 34.5 Å². The summed E-state index contributed by atoms with van der Waals surface area (Å²) in [6.07, 6.45) is -9.20. The molecule has 0 saturated heterocycles. The quantitative estimate of drug-likeness (QED) is 0.288. The molecule has 0 aliphatic carbocycles. The summed E-state index contributed by atoms with van der Waals surface area (Å²) in [5.41, 5.74) is -0.718. The zero-order chi connectivity index (χ0) is 23.2. The van der Waals surface area contributed by atoms with Gasteiger partial charge in [0.2, 0.25) is 7.85 Å². The Kier molecular flexibility index (Phi) is 5.58. The Balaban J connectivity index is 2.03.